The van der Waals surface area contributed by atoms with Crippen LogP contribution in [0.2, 0.25) is 0 Å². The van der Waals surface area contributed by atoms with Crippen molar-refractivity contribution < 1.29 is 47.7 Å². The van der Waals surface area contributed by atoms with Crippen molar-refractivity contribution in [2.45, 2.75) is 12.8 Å². The predicted octanol–water partition coefficient (Wildman–Crippen LogP) is 6.39. The molecule has 1 atom stereocenters. The zero-order valence-corrected chi connectivity index (χ0v) is 28.4. The number of nitrogens with one attached hydrogen (secondary N) is 2. The van der Waals surface area contributed by atoms with Gasteiger partial charge in [-0.15, -0.1) is 0 Å². The van der Waals surface area contributed by atoms with Crippen molar-refractivity contribution >= 4 is 67.1 Å². The number of anilines is 1. The first-order valence-corrected chi connectivity index (χ1v) is 15.8. The highest BCUT2D eigenvalue weighted by atomic mass is 79.9. The predicted molar refractivity (Wildman–Crippen MR) is 180 cm³/mol. The number of rotatable bonds is 9. The molecular formula is C33H29BrN4O11. The summed E-state index contributed by atoms with van der Waals surface area (Å²) >= 11 is 3.57. The van der Waals surface area contributed by atoms with E-state index in [-0.39, 0.29) is 40.9 Å². The maximum atomic E-state index is 14.3. The number of ether oxygens (including phenoxy) is 6. The zero-order valence-electron chi connectivity index (χ0n) is 26.8. The number of esters is 1. The van der Waals surface area contributed by atoms with Crippen molar-refractivity contribution in [1.29, 1.82) is 0 Å². The number of aromatic amines is 2. The smallest absolute Gasteiger partial charge is 0.493 e. The van der Waals surface area contributed by atoms with E-state index in [0.717, 1.165) is 0 Å². The lowest BCUT2D eigenvalue weighted by Gasteiger charge is -2.18. The fourth-order valence-electron chi connectivity index (χ4n) is 6.13. The van der Waals surface area contributed by atoms with Crippen LogP contribution >= 0.6 is 15.9 Å². The topological polar surface area (TPSA) is 185 Å². The number of alkyl halides is 1. The van der Waals surface area contributed by atoms with Gasteiger partial charge < -0.3 is 43.3 Å². The Labute approximate surface area is 286 Å². The van der Waals surface area contributed by atoms with Crippen molar-refractivity contribution in [3.05, 3.63) is 75.1 Å². The molecule has 0 spiro atoms. The van der Waals surface area contributed by atoms with Gasteiger partial charge in [0.1, 0.15) is 11.4 Å². The molecule has 0 aliphatic carbocycles. The van der Waals surface area contributed by atoms with E-state index in [2.05, 4.69) is 25.9 Å². The molecule has 49 heavy (non-hydrogen) atoms. The van der Waals surface area contributed by atoms with E-state index >= 15 is 0 Å². The number of aromatic nitrogens is 2. The second kappa shape index (κ2) is 13.0. The maximum Gasteiger partial charge on any atom is 0.519 e. The van der Waals surface area contributed by atoms with Gasteiger partial charge in [0, 0.05) is 52.5 Å². The molecule has 2 aromatic heterocycles. The summed E-state index contributed by atoms with van der Waals surface area (Å²) in [6, 6.07) is 9.80. The van der Waals surface area contributed by atoms with Gasteiger partial charge in [-0.1, -0.05) is 15.9 Å². The van der Waals surface area contributed by atoms with Crippen LogP contribution < -0.4 is 28.6 Å². The number of nitro benzene ring substituents is 1. The molecule has 1 aliphatic heterocycles. The number of halogens is 1. The third-order valence-corrected chi connectivity index (χ3v) is 9.04. The highest BCUT2D eigenvalue weighted by Crippen LogP contribution is 2.49. The Morgan fingerprint density at radius 2 is 1.65 bits per heavy atom. The van der Waals surface area contributed by atoms with Crippen molar-refractivity contribution in [2.24, 2.45) is 0 Å². The molecule has 3 aromatic carbocycles. The Morgan fingerprint density at radius 3 is 2.27 bits per heavy atom. The molecule has 3 heterocycles. The SMILES string of the molecule is COC(=O)c1c(C)[nH]c2c(OC(=O)Oc3ccc([N+](=O)[O-])cc3)cc3c(c12)C(CBr)CN3C(=O)c1cc2cc(OC)c(OC)c(OC)c2[nH]1. The number of aryl methyl sites for hydroxylation is 1. The highest BCUT2D eigenvalue weighted by Gasteiger charge is 2.39. The standard InChI is InChI=1S/C33H29BrN4O11/c1-15-24(32(40)47-5)26-25-17(13-34)14-37(31(39)20-10-16-11-23(44-2)29(45-3)30(46-4)27(16)36-20)21(25)12-22(28(26)35-15)49-33(41)48-19-8-6-18(7-9-19)38(42)43/h6-12,17,35-36H,13-14H2,1-5H3. The lowest BCUT2D eigenvalue weighted by Crippen LogP contribution is -2.30. The molecule has 6 rings (SSSR count). The first-order chi connectivity index (χ1) is 23.5. The van der Waals surface area contributed by atoms with Crippen molar-refractivity contribution in [3.63, 3.8) is 0 Å². The van der Waals surface area contributed by atoms with E-state index in [1.165, 1.54) is 63.7 Å². The lowest BCUT2D eigenvalue weighted by molar-refractivity contribution is -0.384. The van der Waals surface area contributed by atoms with Gasteiger partial charge in [-0.05, 0) is 36.8 Å². The number of nitro groups is 1. The van der Waals surface area contributed by atoms with Crippen LogP contribution in [0.25, 0.3) is 21.8 Å². The third-order valence-electron chi connectivity index (χ3n) is 8.26. The van der Waals surface area contributed by atoms with Gasteiger partial charge in [0.15, 0.2) is 17.2 Å². The van der Waals surface area contributed by atoms with Gasteiger partial charge in [-0.25, -0.2) is 9.59 Å². The number of H-pyrrole nitrogens is 2. The minimum absolute atomic E-state index is 0.00424. The normalized spacial score (nSPS) is 13.7. The summed E-state index contributed by atoms with van der Waals surface area (Å²) in [4.78, 5) is 58.7. The van der Waals surface area contributed by atoms with E-state index < -0.39 is 23.0 Å². The van der Waals surface area contributed by atoms with Gasteiger partial charge in [0.25, 0.3) is 11.6 Å². The summed E-state index contributed by atoms with van der Waals surface area (Å²) in [6.07, 6.45) is -1.15. The van der Waals surface area contributed by atoms with Gasteiger partial charge in [-0.2, -0.15) is 0 Å². The molecule has 2 N–H and O–H groups in total. The van der Waals surface area contributed by atoms with E-state index in [1.54, 1.807) is 19.1 Å². The molecule has 0 bridgehead atoms. The van der Waals surface area contributed by atoms with E-state index in [4.69, 9.17) is 28.4 Å². The summed E-state index contributed by atoms with van der Waals surface area (Å²) in [6.45, 7) is 1.90. The Hall–Kier alpha value is -5.77. The van der Waals surface area contributed by atoms with Gasteiger partial charge >= 0.3 is 12.1 Å². The number of benzene rings is 3. The average Bonchev–Trinajstić information content (AvgIpc) is 3.79. The van der Waals surface area contributed by atoms with Crippen LogP contribution in [-0.2, 0) is 4.74 Å². The second-order valence-corrected chi connectivity index (χ2v) is 11.6. The number of carbonyl (C=O) groups is 3. The van der Waals surface area contributed by atoms with Crippen LogP contribution in [0.15, 0.2) is 42.5 Å². The zero-order chi connectivity index (χ0) is 35.1. The Bertz CT molecular complexity index is 2160. The van der Waals surface area contributed by atoms with E-state index in [9.17, 15) is 24.5 Å². The fraction of sp³-hybridized carbons (Fsp3) is 0.242. The number of fused-ring (bicyclic) bond motifs is 4. The van der Waals surface area contributed by atoms with Crippen LogP contribution in [0, 0.1) is 17.0 Å². The second-order valence-electron chi connectivity index (χ2n) is 10.9. The van der Waals surface area contributed by atoms with Gasteiger partial charge in [0.2, 0.25) is 5.75 Å². The lowest BCUT2D eigenvalue weighted by atomic mass is 9.95. The van der Waals surface area contributed by atoms with Crippen LogP contribution in [0.5, 0.6) is 28.7 Å². The largest absolute Gasteiger partial charge is 0.519 e. The van der Waals surface area contributed by atoms with Gasteiger partial charge in [-0.3, -0.25) is 14.9 Å². The minimum atomic E-state index is -1.15. The highest BCUT2D eigenvalue weighted by molar-refractivity contribution is 9.09. The number of carbonyl (C=O) groups excluding carboxylic acids is 3. The Morgan fingerprint density at radius 1 is 0.939 bits per heavy atom. The van der Waals surface area contributed by atoms with Crippen LogP contribution in [0.3, 0.4) is 0 Å². The Kier molecular flexibility index (Phi) is 8.81. The molecule has 15 nitrogen and oxygen atoms in total. The molecule has 0 fully saturated rings. The van der Waals surface area contributed by atoms with Crippen LogP contribution in [0.1, 0.15) is 38.0 Å². The third kappa shape index (κ3) is 5.62. The molecule has 0 saturated carbocycles. The first-order valence-electron chi connectivity index (χ1n) is 14.7. The summed E-state index contributed by atoms with van der Waals surface area (Å²) in [5.41, 5.74) is 2.60. The van der Waals surface area contributed by atoms with Crippen molar-refractivity contribution in [3.8, 4) is 28.7 Å². The summed E-state index contributed by atoms with van der Waals surface area (Å²) in [5.74, 6) is -0.215. The summed E-state index contributed by atoms with van der Waals surface area (Å²) in [5, 5.41) is 12.5. The number of non-ortho nitro benzene ring substituents is 1. The molecule has 0 saturated heterocycles. The number of methoxy groups -OCH3 is 4. The number of nitrogens with zero attached hydrogens (tertiary/aromatic N) is 2. The molecule has 1 amide bonds. The monoisotopic (exact) mass is 736 g/mol. The van der Waals surface area contributed by atoms with E-state index in [0.29, 0.717) is 61.3 Å². The average molecular weight is 738 g/mol. The number of amides is 1. The fourth-order valence-corrected chi connectivity index (χ4v) is 6.66. The quantitative estimate of drug-likeness (QED) is 0.0561. The molecule has 0 radical (unpaired) electrons. The first kappa shape index (κ1) is 33.1. The molecular weight excluding hydrogens is 708 g/mol. The number of hydrogen-bond acceptors (Lipinski definition) is 11. The maximum absolute atomic E-state index is 14.3. The molecule has 254 valence electrons. The molecule has 1 unspecified atom stereocenters. The molecule has 1 aliphatic rings. The molecule has 16 heteroatoms. The number of hydrogen-bond donors (Lipinski definition) is 2. The van der Waals surface area contributed by atoms with Crippen molar-refractivity contribution in [2.75, 3.05) is 45.2 Å². The Balaban J connectivity index is 1.46. The summed E-state index contributed by atoms with van der Waals surface area (Å²) < 4.78 is 32.6. The van der Waals surface area contributed by atoms with Crippen molar-refractivity contribution in [1.82, 2.24) is 9.97 Å². The van der Waals surface area contributed by atoms with Crippen LogP contribution in [-0.4, -0.2) is 73.2 Å². The molecule has 5 aromatic rings. The minimum Gasteiger partial charge on any atom is -0.493 e. The van der Waals surface area contributed by atoms with E-state index in [1.807, 2.05) is 0 Å². The summed E-state index contributed by atoms with van der Waals surface area (Å²) in [7, 11) is 5.72. The van der Waals surface area contributed by atoms with Crippen LogP contribution in [0.4, 0.5) is 16.2 Å². The van der Waals surface area contributed by atoms with Gasteiger partial charge in [0.05, 0.1) is 55.6 Å².